The van der Waals surface area contributed by atoms with Crippen LogP contribution in [0.2, 0.25) is 0 Å². The Morgan fingerprint density at radius 2 is 0.825 bits per heavy atom. The van der Waals surface area contributed by atoms with Gasteiger partial charge in [0.2, 0.25) is 0 Å². The van der Waals surface area contributed by atoms with E-state index in [4.69, 9.17) is 14.0 Å². The van der Waals surface area contributed by atoms with Crippen LogP contribution in [0.1, 0.15) is 166 Å². The second-order valence-electron chi connectivity index (χ2n) is 16.2. The van der Waals surface area contributed by atoms with E-state index in [2.05, 4.69) is 13.8 Å². The monoisotopic (exact) mass is 934 g/mol. The van der Waals surface area contributed by atoms with E-state index in [0.29, 0.717) is 23.0 Å². The first-order valence-electron chi connectivity index (χ1n) is 22.9. The van der Waals surface area contributed by atoms with Crippen molar-refractivity contribution in [2.75, 3.05) is 0 Å². The number of phenols is 1. The van der Waals surface area contributed by atoms with Gasteiger partial charge in [-0.15, -0.1) is 5.75 Å². The van der Waals surface area contributed by atoms with E-state index in [1.165, 1.54) is 183 Å². The molecule has 4 aromatic carbocycles. The molecule has 4 rings (SSSR count). The molecule has 4 aromatic rings. The molecule has 0 aliphatic rings. The van der Waals surface area contributed by atoms with Crippen molar-refractivity contribution in [2.45, 2.75) is 178 Å². The standard InChI is InChI=1S/2C25H36O5S.Ca/c2*1-2-3-4-5-6-7-8-9-10-11-12-13-21-14-15-22(26)20-25(21)30-23-16-18-24(19-17-23)31(27,28)29;/h2*14-20,26H,2-13H2,1H3,(H,27,28,29);/q;;+2/p-2. The summed E-state index contributed by atoms with van der Waals surface area (Å²) in [5.41, 5.74) is 1.96. The van der Waals surface area contributed by atoms with Crippen LogP contribution < -0.4 is 14.6 Å². The van der Waals surface area contributed by atoms with E-state index < -0.39 is 20.2 Å². The fourth-order valence-electron chi connectivity index (χ4n) is 7.25. The van der Waals surface area contributed by atoms with Crippen LogP contribution in [0.3, 0.4) is 0 Å². The van der Waals surface area contributed by atoms with Crippen LogP contribution in [-0.2, 0) is 33.1 Å². The number of aryl methyl sites for hydroxylation is 2. The first-order chi connectivity index (χ1) is 29.8. The Labute approximate surface area is 408 Å². The molecule has 0 fully saturated rings. The number of hydrogen-bond donors (Lipinski definition) is 2. The van der Waals surface area contributed by atoms with Crippen LogP contribution in [0, 0.1) is 0 Å². The van der Waals surface area contributed by atoms with Crippen molar-refractivity contribution < 1.29 is 45.6 Å². The van der Waals surface area contributed by atoms with E-state index in [1.54, 1.807) is 18.2 Å². The van der Waals surface area contributed by atoms with Gasteiger partial charge in [-0.1, -0.05) is 160 Å². The second kappa shape index (κ2) is 31.9. The van der Waals surface area contributed by atoms with E-state index in [1.807, 2.05) is 6.07 Å². The molecule has 13 heteroatoms. The Kier molecular flexibility index (Phi) is 28.5. The van der Waals surface area contributed by atoms with Crippen molar-refractivity contribution in [3.63, 3.8) is 0 Å². The SMILES string of the molecule is CCCCCCCCCCCCCc1ccc(O)cc1Oc1ccc(S(=O)(=O)O)cc1.CCCCCCCCCCCCCc1ccc([O-])cc1Oc1ccc(S(=O)(=O)[O-])cc1.[Ca+2]. The summed E-state index contributed by atoms with van der Waals surface area (Å²) in [7, 11) is -8.72. The minimum absolute atomic E-state index is 0. The predicted octanol–water partition coefficient (Wildman–Crippen LogP) is 13.2. The maximum Gasteiger partial charge on any atom is 2.00 e. The van der Waals surface area contributed by atoms with Crippen molar-refractivity contribution in [3.8, 4) is 34.5 Å². The third kappa shape index (κ3) is 24.3. The normalized spacial score (nSPS) is 11.4. The Bertz CT molecular complexity index is 1910. The number of hydrogen-bond acceptors (Lipinski definition) is 9. The predicted molar refractivity (Wildman–Crippen MR) is 251 cm³/mol. The van der Waals surface area contributed by atoms with Gasteiger partial charge in [-0.25, -0.2) is 8.42 Å². The van der Waals surface area contributed by atoms with E-state index in [0.717, 1.165) is 43.2 Å². The molecule has 0 heterocycles. The molecule has 0 atom stereocenters. The summed E-state index contributed by atoms with van der Waals surface area (Å²) >= 11 is 0. The molecule has 0 aliphatic carbocycles. The van der Waals surface area contributed by atoms with Crippen LogP contribution in [0.25, 0.3) is 0 Å². The molecular formula is C50H70CaO10S2. The maximum atomic E-state index is 11.8. The molecule has 10 nitrogen and oxygen atoms in total. The summed E-state index contributed by atoms with van der Waals surface area (Å²) < 4.78 is 76.2. The van der Waals surface area contributed by atoms with E-state index in [9.17, 15) is 31.6 Å². The molecule has 344 valence electrons. The van der Waals surface area contributed by atoms with Gasteiger partial charge < -0.3 is 24.2 Å². The van der Waals surface area contributed by atoms with Crippen molar-refractivity contribution in [3.05, 3.63) is 96.1 Å². The van der Waals surface area contributed by atoms with Gasteiger partial charge in [0.15, 0.2) is 0 Å². The topological polar surface area (TPSA) is 173 Å². The zero-order valence-electron chi connectivity index (χ0n) is 37.7. The Morgan fingerprint density at radius 1 is 0.476 bits per heavy atom. The van der Waals surface area contributed by atoms with Gasteiger partial charge in [-0.2, -0.15) is 8.42 Å². The summed E-state index contributed by atoms with van der Waals surface area (Å²) in [4.78, 5) is -0.490. The molecule has 63 heavy (non-hydrogen) atoms. The largest absolute Gasteiger partial charge is 2.00 e. The molecule has 0 saturated heterocycles. The second-order valence-corrected chi connectivity index (χ2v) is 19.0. The van der Waals surface area contributed by atoms with Crippen LogP contribution in [0.5, 0.6) is 34.5 Å². The Hall–Kier alpha value is -2.84. The molecule has 0 aromatic heterocycles. The zero-order valence-corrected chi connectivity index (χ0v) is 41.6. The van der Waals surface area contributed by atoms with Gasteiger partial charge in [0.05, 0.1) is 9.79 Å². The summed E-state index contributed by atoms with van der Waals surface area (Å²) in [6.45, 7) is 4.49. The quantitative estimate of drug-likeness (QED) is 0.0291. The molecule has 0 bridgehead atoms. The minimum Gasteiger partial charge on any atom is -0.872 e. The Morgan fingerprint density at radius 3 is 1.21 bits per heavy atom. The number of phenolic OH excluding ortho intramolecular Hbond substituents is 1. The number of ether oxygens (including phenoxy) is 2. The first kappa shape index (κ1) is 56.3. The van der Waals surface area contributed by atoms with Gasteiger partial charge in [-0.3, -0.25) is 4.55 Å². The molecule has 2 N–H and O–H groups in total. The molecule has 0 amide bonds. The molecule has 0 unspecified atom stereocenters. The van der Waals surface area contributed by atoms with Crippen molar-refractivity contribution >= 4 is 58.0 Å². The average molecular weight is 935 g/mol. The smallest absolute Gasteiger partial charge is 0.872 e. The molecule has 0 spiro atoms. The van der Waals surface area contributed by atoms with Gasteiger partial charge >= 0.3 is 37.7 Å². The third-order valence-electron chi connectivity index (χ3n) is 10.9. The Balaban J connectivity index is 0.000000427. The van der Waals surface area contributed by atoms with Crippen LogP contribution in [0.15, 0.2) is 94.7 Å². The summed E-state index contributed by atoms with van der Waals surface area (Å²) in [5, 5.41) is 21.6. The van der Waals surface area contributed by atoms with Crippen LogP contribution in [-0.4, -0.2) is 68.8 Å². The molecule has 0 aliphatic heterocycles. The van der Waals surface area contributed by atoms with Crippen molar-refractivity contribution in [1.82, 2.24) is 0 Å². The van der Waals surface area contributed by atoms with Gasteiger partial charge in [0, 0.05) is 6.07 Å². The average Bonchev–Trinajstić information content (AvgIpc) is 3.23. The third-order valence-corrected chi connectivity index (χ3v) is 12.6. The fourth-order valence-corrected chi connectivity index (χ4v) is 8.20. The van der Waals surface area contributed by atoms with Crippen LogP contribution >= 0.6 is 0 Å². The summed E-state index contributed by atoms with van der Waals surface area (Å²) in [6.07, 6.45) is 29.9. The number of rotatable bonds is 30. The summed E-state index contributed by atoms with van der Waals surface area (Å²) in [6, 6.07) is 20.7. The van der Waals surface area contributed by atoms with Crippen LogP contribution in [0.4, 0.5) is 0 Å². The van der Waals surface area contributed by atoms with Gasteiger partial charge in [0.25, 0.3) is 10.1 Å². The van der Waals surface area contributed by atoms with Crippen molar-refractivity contribution in [2.24, 2.45) is 0 Å². The molecule has 0 saturated carbocycles. The maximum absolute atomic E-state index is 11.8. The van der Waals surface area contributed by atoms with E-state index >= 15 is 0 Å². The fraction of sp³-hybridized carbons (Fsp3) is 0.520. The van der Waals surface area contributed by atoms with E-state index in [-0.39, 0.29) is 59.0 Å². The van der Waals surface area contributed by atoms with Gasteiger partial charge in [-0.05, 0) is 97.5 Å². The number of aromatic hydroxyl groups is 1. The zero-order chi connectivity index (χ0) is 45.1. The summed E-state index contributed by atoms with van der Waals surface area (Å²) in [5.74, 6) is 1.85. The van der Waals surface area contributed by atoms with Crippen molar-refractivity contribution in [1.29, 1.82) is 0 Å². The molecular weight excluding hydrogens is 865 g/mol. The van der Waals surface area contributed by atoms with Gasteiger partial charge in [0.1, 0.15) is 38.9 Å². The molecule has 0 radical (unpaired) electrons. The minimum atomic E-state index is -4.49. The number of benzene rings is 4. The number of unbranched alkanes of at least 4 members (excludes halogenated alkanes) is 20. The first-order valence-corrected chi connectivity index (χ1v) is 25.8.